The van der Waals surface area contributed by atoms with Gasteiger partial charge >= 0.3 is 7.87 Å². The molecule has 2 saturated heterocycles. The second kappa shape index (κ2) is 12.2. The van der Waals surface area contributed by atoms with E-state index < -0.39 is 18.9 Å². The monoisotopic (exact) mass is 647 g/mol. The lowest BCUT2D eigenvalue weighted by atomic mass is 9.71. The highest BCUT2D eigenvalue weighted by molar-refractivity contribution is 7.69. The number of aryl methyl sites for hydroxylation is 8. The van der Waals surface area contributed by atoms with Crippen LogP contribution in [0.2, 0.25) is 0 Å². The Balaban J connectivity index is 1.65. The van der Waals surface area contributed by atoms with Gasteiger partial charge in [0.25, 0.3) is 0 Å². The molecule has 2 atom stereocenters. The van der Waals surface area contributed by atoms with Crippen LogP contribution in [0.1, 0.15) is 94.5 Å². The fourth-order valence-electron chi connectivity index (χ4n) is 9.00. The van der Waals surface area contributed by atoms with Gasteiger partial charge in [0, 0.05) is 0 Å². The average molecular weight is 648 g/mol. The third kappa shape index (κ3) is 5.51. The largest absolute Gasteiger partial charge is 0.301 e. The molecule has 0 unspecified atom stereocenters. The molecule has 0 aromatic heterocycles. The van der Waals surface area contributed by atoms with Gasteiger partial charge in [-0.1, -0.05) is 123 Å². The number of nitrogens with one attached hydrogen (secondary N) is 4. The lowest BCUT2D eigenvalue weighted by Gasteiger charge is -2.38. The lowest BCUT2D eigenvalue weighted by molar-refractivity contribution is 0.322. The molecule has 4 aromatic carbocycles. The molecule has 2 aliphatic rings. The minimum atomic E-state index is -2.45. The summed E-state index contributed by atoms with van der Waals surface area (Å²) in [6.45, 7) is 27.5. The third-order valence-electron chi connectivity index (χ3n) is 10.8. The predicted octanol–water partition coefficient (Wildman–Crippen LogP) is 9.45. The maximum atomic E-state index is 4.48. The molecule has 2 fully saturated rings. The van der Waals surface area contributed by atoms with Gasteiger partial charge in [-0.25, -0.2) is 0 Å². The quantitative estimate of drug-likeness (QED) is 0.158. The van der Waals surface area contributed by atoms with Gasteiger partial charge in [0.1, 0.15) is 11.1 Å². The van der Waals surface area contributed by atoms with Crippen LogP contribution in [0.15, 0.2) is 72.8 Å². The first-order valence-electron chi connectivity index (χ1n) is 17.5. The zero-order chi connectivity index (χ0) is 34.1. The molecule has 0 amide bonds. The second-order valence-corrected chi connectivity index (χ2v) is 17.8. The summed E-state index contributed by atoms with van der Waals surface area (Å²) in [4.78, 5) is 0. The number of rotatable bonds is 6. The smallest absolute Gasteiger partial charge is 0.140 e. The Hall–Kier alpha value is -2.85. The van der Waals surface area contributed by atoms with E-state index >= 15 is 0 Å². The molecule has 6 rings (SSSR count). The van der Waals surface area contributed by atoms with Crippen LogP contribution < -0.4 is 20.3 Å². The van der Waals surface area contributed by atoms with Crippen molar-refractivity contribution in [1.82, 2.24) is 20.3 Å². The molecule has 0 radical (unpaired) electrons. The summed E-state index contributed by atoms with van der Waals surface area (Å²) in [6.07, 6.45) is 0. The first kappa shape index (κ1) is 34.0. The summed E-state index contributed by atoms with van der Waals surface area (Å²) < 4.78 is 0. The van der Waals surface area contributed by atoms with Gasteiger partial charge in [-0.15, -0.1) is 20.3 Å². The highest BCUT2D eigenvalue weighted by Gasteiger charge is 2.72. The molecule has 4 nitrogen and oxygen atoms in total. The Kier molecular flexibility index (Phi) is 8.86. The van der Waals surface area contributed by atoms with Gasteiger partial charge in [-0.05, 0) is 112 Å². The van der Waals surface area contributed by atoms with Crippen LogP contribution in [0.5, 0.6) is 0 Å². The van der Waals surface area contributed by atoms with E-state index in [4.69, 9.17) is 0 Å². The average Bonchev–Trinajstić information content (AvgIpc) is 3.48. The molecule has 1 spiro atoms. The molecule has 248 valence electrons. The van der Waals surface area contributed by atoms with Gasteiger partial charge in [0.2, 0.25) is 0 Å². The van der Waals surface area contributed by atoms with Crippen molar-refractivity contribution in [3.8, 4) is 0 Å². The Morgan fingerprint density at radius 1 is 0.447 bits per heavy atom. The summed E-state index contributed by atoms with van der Waals surface area (Å²) >= 11 is 0. The fraction of sp³-hybridized carbons (Fsp3) is 0.429. The molecular weight excluding hydrogens is 591 g/mol. The highest BCUT2D eigenvalue weighted by Crippen LogP contribution is 2.65. The summed E-state index contributed by atoms with van der Waals surface area (Å²) in [5, 5.41) is 17.7. The first-order valence-corrected chi connectivity index (χ1v) is 19.3. The van der Waals surface area contributed by atoms with Gasteiger partial charge in [0.15, 0.2) is 0 Å². The van der Waals surface area contributed by atoms with E-state index in [1.807, 2.05) is 0 Å². The van der Waals surface area contributed by atoms with E-state index in [0.717, 1.165) is 0 Å². The molecular formula is C42H56N4P+. The first-order chi connectivity index (χ1) is 22.1. The maximum Gasteiger partial charge on any atom is 0.301 e. The summed E-state index contributed by atoms with van der Waals surface area (Å²) in [6, 6.07) is 28.3. The van der Waals surface area contributed by atoms with E-state index in [9.17, 15) is 0 Å². The standard InChI is InChI=1S/C42H56N4P/c1-25(2)39-41(35-17-13-27(5)21-31(35)9,36-18-14-28(6)22-32(36)10)45-47(43-39)44-40(26(3)4)42(46-47,37-19-15-29(7)23-33(37)11)38-20-16-30(8)24-34(38)12/h13-26,39-40,43-46H,1-12H3/q+1/t39-,40-,47?/m0/s1. The van der Waals surface area contributed by atoms with Gasteiger partial charge in [-0.2, -0.15) is 0 Å². The topological polar surface area (TPSA) is 48.1 Å². The fourth-order valence-corrected chi connectivity index (χ4v) is 13.0. The molecule has 5 heteroatoms. The van der Waals surface area contributed by atoms with E-state index in [1.165, 1.54) is 66.8 Å². The van der Waals surface area contributed by atoms with Crippen LogP contribution in [0.3, 0.4) is 0 Å². The van der Waals surface area contributed by atoms with Crippen molar-refractivity contribution in [2.24, 2.45) is 11.8 Å². The molecule has 4 N–H and O–H groups in total. The second-order valence-electron chi connectivity index (χ2n) is 15.5. The van der Waals surface area contributed by atoms with Crippen LogP contribution in [-0.2, 0) is 11.1 Å². The Morgan fingerprint density at radius 3 is 0.915 bits per heavy atom. The SMILES string of the molecule is Cc1ccc(C2(c3ccc(C)cc3C)N[P+]3(N[C@H]2C(C)C)N[C@@H](C(C)C)C(c2ccc(C)cc2C)(c2ccc(C)cc2C)N3)c(C)c1. The number of hydrogen-bond acceptors (Lipinski definition) is 4. The normalized spacial score (nSPS) is 21.3. The minimum absolute atomic E-state index is 0.125. The summed E-state index contributed by atoms with van der Waals surface area (Å²) in [5.74, 6) is 0.697. The minimum Gasteiger partial charge on any atom is -0.140 e. The van der Waals surface area contributed by atoms with E-state index in [0.29, 0.717) is 11.8 Å². The van der Waals surface area contributed by atoms with Crippen LogP contribution >= 0.6 is 7.87 Å². The van der Waals surface area contributed by atoms with E-state index in [2.05, 4.69) is 176 Å². The molecule has 47 heavy (non-hydrogen) atoms. The molecule has 0 saturated carbocycles. The molecule has 4 aromatic rings. The van der Waals surface area contributed by atoms with E-state index in [1.54, 1.807) is 0 Å². The predicted molar refractivity (Wildman–Crippen MR) is 202 cm³/mol. The van der Waals surface area contributed by atoms with Crippen molar-refractivity contribution < 1.29 is 0 Å². The summed E-state index contributed by atoms with van der Waals surface area (Å²) in [7, 11) is -2.45. The van der Waals surface area contributed by atoms with Gasteiger partial charge in [-0.3, -0.25) is 0 Å². The van der Waals surface area contributed by atoms with Crippen molar-refractivity contribution in [3.05, 3.63) is 140 Å². The van der Waals surface area contributed by atoms with Crippen molar-refractivity contribution in [1.29, 1.82) is 0 Å². The summed E-state index contributed by atoms with van der Waals surface area (Å²) in [5.41, 5.74) is 14.9. The van der Waals surface area contributed by atoms with Crippen molar-refractivity contribution in [3.63, 3.8) is 0 Å². The molecule has 0 bridgehead atoms. The van der Waals surface area contributed by atoms with Crippen molar-refractivity contribution in [2.45, 2.75) is 106 Å². The Bertz CT molecular complexity index is 1590. The van der Waals surface area contributed by atoms with Crippen molar-refractivity contribution in [2.75, 3.05) is 0 Å². The van der Waals surface area contributed by atoms with Gasteiger partial charge < -0.3 is 0 Å². The zero-order valence-corrected chi connectivity index (χ0v) is 31.6. The molecule has 2 aliphatic heterocycles. The Labute approximate surface area is 285 Å². The van der Waals surface area contributed by atoms with Crippen LogP contribution in [-0.4, -0.2) is 12.1 Å². The van der Waals surface area contributed by atoms with E-state index in [-0.39, 0.29) is 12.1 Å². The van der Waals surface area contributed by atoms with Gasteiger partial charge in [0.05, 0.1) is 12.1 Å². The van der Waals surface area contributed by atoms with Crippen LogP contribution in [0.4, 0.5) is 0 Å². The van der Waals surface area contributed by atoms with Crippen LogP contribution in [0.25, 0.3) is 0 Å². The maximum absolute atomic E-state index is 4.48. The van der Waals surface area contributed by atoms with Crippen LogP contribution in [0, 0.1) is 67.2 Å². The van der Waals surface area contributed by atoms with Crippen molar-refractivity contribution >= 4 is 7.87 Å². The Morgan fingerprint density at radius 2 is 0.702 bits per heavy atom. The number of benzene rings is 4. The molecule has 2 heterocycles. The zero-order valence-electron chi connectivity index (χ0n) is 30.7. The third-order valence-corrected chi connectivity index (χ3v) is 13.6. The highest BCUT2D eigenvalue weighted by atomic mass is 31.2. The lowest BCUT2D eigenvalue weighted by Crippen LogP contribution is -2.51. The number of hydrogen-bond donors (Lipinski definition) is 4. The molecule has 0 aliphatic carbocycles.